The van der Waals surface area contributed by atoms with Crippen LogP contribution in [0.5, 0.6) is 0 Å². The minimum atomic E-state index is -3.76. The van der Waals surface area contributed by atoms with Crippen molar-refractivity contribution in [3.05, 3.63) is 48.5 Å². The summed E-state index contributed by atoms with van der Waals surface area (Å²) in [4.78, 5) is -0.00112. The van der Waals surface area contributed by atoms with E-state index in [2.05, 4.69) is 10.6 Å². The summed E-state index contributed by atoms with van der Waals surface area (Å²) in [5.74, 6) is 0. The van der Waals surface area contributed by atoms with E-state index in [1.807, 2.05) is 12.1 Å². The Balaban J connectivity index is 1.57. The number of primary sulfonamides is 1. The van der Waals surface area contributed by atoms with Gasteiger partial charge in [0.05, 0.1) is 0 Å². The van der Waals surface area contributed by atoms with Gasteiger partial charge in [-0.15, -0.1) is 0 Å². The summed E-state index contributed by atoms with van der Waals surface area (Å²) < 4.78 is 29.0. The summed E-state index contributed by atoms with van der Waals surface area (Å²) in [6.07, 6.45) is -4.96. The van der Waals surface area contributed by atoms with E-state index in [9.17, 15) is 28.8 Å². The standard InChI is InChI=1S/C19H23N3O7S2Se/c20-31(27,28)12-5-1-10(2-6-12)21-19(30)22-11-3-7-13(8-4-11)32-18-17(26)16(25)15(24)14(9-23)29-18/h1-8,14-18,23-26H,9H2,(H2,20,27,28)(H2,21,22,30)/t14-,15-,16+,17-,18+/m1/s1. The molecule has 174 valence electrons. The zero-order valence-corrected chi connectivity index (χ0v) is 19.9. The van der Waals surface area contributed by atoms with Crippen molar-refractivity contribution in [2.24, 2.45) is 5.14 Å². The molecule has 10 nitrogen and oxygen atoms in total. The van der Waals surface area contributed by atoms with Crippen molar-refractivity contribution in [2.75, 3.05) is 17.2 Å². The molecular weight excluding hydrogens is 525 g/mol. The third-order valence-electron chi connectivity index (χ3n) is 4.65. The molecule has 13 heteroatoms. The first-order valence-corrected chi connectivity index (χ1v) is 13.2. The first-order valence-electron chi connectivity index (χ1n) is 9.36. The monoisotopic (exact) mass is 549 g/mol. The molecule has 0 saturated carbocycles. The van der Waals surface area contributed by atoms with Crippen molar-refractivity contribution in [2.45, 2.75) is 34.3 Å². The number of nitrogens with one attached hydrogen (secondary N) is 2. The van der Waals surface area contributed by atoms with Crippen molar-refractivity contribution in [3.8, 4) is 0 Å². The van der Waals surface area contributed by atoms with Crippen LogP contribution in [0.15, 0.2) is 53.4 Å². The number of aliphatic hydroxyl groups excluding tert-OH is 4. The second-order valence-electron chi connectivity index (χ2n) is 6.99. The molecule has 0 bridgehead atoms. The molecule has 32 heavy (non-hydrogen) atoms. The van der Waals surface area contributed by atoms with Gasteiger partial charge in [0.15, 0.2) is 0 Å². The van der Waals surface area contributed by atoms with Crippen molar-refractivity contribution in [1.82, 2.24) is 0 Å². The molecule has 0 radical (unpaired) electrons. The average Bonchev–Trinajstić information content (AvgIpc) is 2.75. The van der Waals surface area contributed by atoms with Crippen LogP contribution in [0.25, 0.3) is 0 Å². The van der Waals surface area contributed by atoms with Gasteiger partial charge in [-0.25, -0.2) is 13.6 Å². The number of hydrogen-bond donors (Lipinski definition) is 7. The fraction of sp³-hybridized carbons (Fsp3) is 0.316. The molecule has 0 aromatic heterocycles. The van der Waals surface area contributed by atoms with Crippen molar-refractivity contribution in [3.63, 3.8) is 0 Å². The summed E-state index contributed by atoms with van der Waals surface area (Å²) in [6.45, 7) is -0.463. The zero-order chi connectivity index (χ0) is 23.5. The molecule has 0 spiro atoms. The predicted molar refractivity (Wildman–Crippen MR) is 123 cm³/mol. The molecule has 0 unspecified atom stereocenters. The molecule has 8 N–H and O–H groups in total. The second kappa shape index (κ2) is 10.5. The molecule has 1 saturated heterocycles. The van der Waals surface area contributed by atoms with Gasteiger partial charge in [-0.05, 0) is 0 Å². The maximum absolute atomic E-state index is 11.3. The van der Waals surface area contributed by atoms with Gasteiger partial charge in [0.1, 0.15) is 0 Å². The van der Waals surface area contributed by atoms with Crippen LogP contribution in [0.2, 0.25) is 0 Å². The van der Waals surface area contributed by atoms with E-state index in [-0.39, 0.29) is 4.90 Å². The molecule has 1 aliphatic heterocycles. The summed E-state index contributed by atoms with van der Waals surface area (Å²) >= 11 is 4.87. The van der Waals surface area contributed by atoms with Crippen LogP contribution in [0.3, 0.4) is 0 Å². The van der Waals surface area contributed by atoms with E-state index < -0.39 is 61.0 Å². The molecular formula is C19H23N3O7S2Se. The fourth-order valence-corrected chi connectivity index (χ4v) is 5.91. The number of anilines is 2. The first-order chi connectivity index (χ1) is 15.1. The Bertz CT molecular complexity index is 1040. The number of rotatable bonds is 6. The fourth-order valence-electron chi connectivity index (χ4n) is 2.94. The normalized spacial score (nSPS) is 25.8. The first kappa shape index (κ1) is 25.0. The minimum absolute atomic E-state index is 0.00112. The van der Waals surface area contributed by atoms with Crippen molar-refractivity contribution >= 4 is 58.1 Å². The molecule has 1 aliphatic rings. The molecule has 5 atom stereocenters. The molecule has 0 aliphatic carbocycles. The van der Waals surface area contributed by atoms with E-state index in [1.165, 1.54) is 12.1 Å². The SMILES string of the molecule is NS(=O)(=O)c1ccc(NC(=S)Nc2ccc([Se][C@@H]3O[C@H](CO)[C@@H](O)[C@H](O)[C@H]3O)cc2)cc1. The topological polar surface area (TPSA) is 174 Å². The van der Waals surface area contributed by atoms with Crippen LogP contribution in [0.1, 0.15) is 0 Å². The number of sulfonamides is 1. The molecule has 1 heterocycles. The third kappa shape index (κ3) is 6.23. The Morgan fingerprint density at radius 3 is 2.00 bits per heavy atom. The number of benzene rings is 2. The number of hydrogen-bond acceptors (Lipinski definition) is 8. The Labute approximate surface area is 196 Å². The van der Waals surface area contributed by atoms with Gasteiger partial charge in [-0.3, -0.25) is 0 Å². The van der Waals surface area contributed by atoms with Gasteiger partial charge >= 0.3 is 183 Å². The number of aliphatic hydroxyl groups is 4. The van der Waals surface area contributed by atoms with Crippen LogP contribution in [0, 0.1) is 0 Å². The predicted octanol–water partition coefficient (Wildman–Crippen LogP) is -1.73. The van der Waals surface area contributed by atoms with Crippen LogP contribution in [-0.4, -0.2) is 84.9 Å². The third-order valence-corrected chi connectivity index (χ3v) is 8.23. The maximum atomic E-state index is 11.3. The van der Waals surface area contributed by atoms with E-state index in [0.29, 0.717) is 16.5 Å². The van der Waals surface area contributed by atoms with Crippen LogP contribution in [-0.2, 0) is 14.8 Å². The van der Waals surface area contributed by atoms with Crippen LogP contribution < -0.4 is 20.2 Å². The Morgan fingerprint density at radius 1 is 0.969 bits per heavy atom. The molecule has 1 fully saturated rings. The number of ether oxygens (including phenoxy) is 1. The second-order valence-corrected chi connectivity index (χ2v) is 11.4. The number of thiocarbonyl (C=S) groups is 1. The van der Waals surface area contributed by atoms with Gasteiger partial charge < -0.3 is 0 Å². The summed E-state index contributed by atoms with van der Waals surface area (Å²) in [7, 11) is -3.76. The van der Waals surface area contributed by atoms with Gasteiger partial charge in [0.25, 0.3) is 0 Å². The van der Waals surface area contributed by atoms with Crippen LogP contribution >= 0.6 is 12.2 Å². The van der Waals surface area contributed by atoms with Gasteiger partial charge in [-0.1, -0.05) is 0 Å². The van der Waals surface area contributed by atoms with Crippen molar-refractivity contribution in [1.29, 1.82) is 0 Å². The Morgan fingerprint density at radius 2 is 1.50 bits per heavy atom. The van der Waals surface area contributed by atoms with Gasteiger partial charge in [0, 0.05) is 0 Å². The average molecular weight is 549 g/mol. The number of nitrogens with two attached hydrogens (primary N) is 1. The molecule has 3 rings (SSSR count). The van der Waals surface area contributed by atoms with E-state index in [4.69, 9.17) is 22.1 Å². The molecule has 2 aromatic rings. The summed E-state index contributed by atoms with van der Waals surface area (Å²) in [5.41, 5.74) is 1.27. The molecule has 0 amide bonds. The Kier molecular flexibility index (Phi) is 8.22. The van der Waals surface area contributed by atoms with E-state index >= 15 is 0 Å². The zero-order valence-electron chi connectivity index (χ0n) is 16.5. The quantitative estimate of drug-likeness (QED) is 0.162. The van der Waals surface area contributed by atoms with E-state index in [1.54, 1.807) is 24.3 Å². The van der Waals surface area contributed by atoms with E-state index in [0.717, 1.165) is 4.46 Å². The summed E-state index contributed by atoms with van der Waals surface area (Å²) in [5, 5.41) is 49.8. The van der Waals surface area contributed by atoms with Crippen molar-refractivity contribution < 1.29 is 33.6 Å². The summed E-state index contributed by atoms with van der Waals surface area (Å²) in [6, 6.07) is 13.0. The molecule has 2 aromatic carbocycles. The van der Waals surface area contributed by atoms with Gasteiger partial charge in [0.2, 0.25) is 0 Å². The van der Waals surface area contributed by atoms with Gasteiger partial charge in [-0.2, -0.15) is 0 Å². The van der Waals surface area contributed by atoms with Crippen LogP contribution in [0.4, 0.5) is 11.4 Å². The Hall–Kier alpha value is -1.64.